The van der Waals surface area contributed by atoms with Crippen molar-refractivity contribution < 1.29 is 29.1 Å². The average molecular weight is 403 g/mol. The number of hydrogen-bond donors (Lipinski definition) is 4. The van der Waals surface area contributed by atoms with Crippen molar-refractivity contribution >= 4 is 29.5 Å². The Morgan fingerprint density at radius 2 is 1.69 bits per heavy atom. The fourth-order valence-electron chi connectivity index (χ4n) is 2.99. The van der Waals surface area contributed by atoms with Gasteiger partial charge in [-0.1, -0.05) is 37.3 Å². The Hall–Kier alpha value is -3.23. The summed E-state index contributed by atoms with van der Waals surface area (Å²) in [5, 5.41) is 16.6. The van der Waals surface area contributed by atoms with Gasteiger partial charge in [0.15, 0.2) is 0 Å². The SMILES string of the molecule is CCC(=O)CC[C@H](NC(=O)C[C@@H]1NC(=O)[C@H](Cc2ccccc2)NC1=O)C(=O)O. The molecule has 1 saturated heterocycles. The summed E-state index contributed by atoms with van der Waals surface area (Å²) in [5.41, 5.74) is 0.884. The number of Topliss-reactive ketones (excluding diaryl/α,β-unsaturated/α-hetero) is 1. The number of piperazine rings is 1. The van der Waals surface area contributed by atoms with Crippen molar-refractivity contribution in [2.45, 2.75) is 57.2 Å². The lowest BCUT2D eigenvalue weighted by Gasteiger charge is -2.29. The Balaban J connectivity index is 1.88. The van der Waals surface area contributed by atoms with Gasteiger partial charge in [0, 0.05) is 19.3 Å². The molecule has 4 N–H and O–H groups in total. The predicted molar refractivity (Wildman–Crippen MR) is 103 cm³/mol. The Labute approximate surface area is 168 Å². The fraction of sp³-hybridized carbons (Fsp3) is 0.450. The second-order valence-electron chi connectivity index (χ2n) is 6.91. The molecule has 156 valence electrons. The van der Waals surface area contributed by atoms with Gasteiger partial charge >= 0.3 is 5.97 Å². The van der Waals surface area contributed by atoms with Gasteiger partial charge in [-0.3, -0.25) is 19.2 Å². The molecule has 0 aromatic heterocycles. The van der Waals surface area contributed by atoms with Gasteiger partial charge in [-0.25, -0.2) is 4.79 Å². The van der Waals surface area contributed by atoms with Crippen molar-refractivity contribution in [3.05, 3.63) is 35.9 Å². The van der Waals surface area contributed by atoms with E-state index in [0.717, 1.165) is 5.56 Å². The molecular weight excluding hydrogens is 378 g/mol. The summed E-state index contributed by atoms with van der Waals surface area (Å²) in [6.45, 7) is 1.67. The third kappa shape index (κ3) is 6.70. The van der Waals surface area contributed by atoms with Crippen LogP contribution in [0.4, 0.5) is 0 Å². The van der Waals surface area contributed by atoms with Crippen molar-refractivity contribution in [3.63, 3.8) is 0 Å². The molecule has 1 aliphatic rings. The van der Waals surface area contributed by atoms with Crippen LogP contribution in [0.3, 0.4) is 0 Å². The second kappa shape index (κ2) is 10.4. The van der Waals surface area contributed by atoms with E-state index < -0.39 is 41.8 Å². The molecule has 0 unspecified atom stereocenters. The van der Waals surface area contributed by atoms with E-state index >= 15 is 0 Å². The molecule has 3 amide bonds. The first-order chi connectivity index (χ1) is 13.8. The van der Waals surface area contributed by atoms with Crippen LogP contribution in [0.1, 0.15) is 38.2 Å². The summed E-state index contributed by atoms with van der Waals surface area (Å²) in [6, 6.07) is 6.14. The zero-order chi connectivity index (χ0) is 21.4. The van der Waals surface area contributed by atoms with Crippen LogP contribution < -0.4 is 16.0 Å². The molecule has 0 spiro atoms. The predicted octanol–water partition coefficient (Wildman–Crippen LogP) is -0.0689. The highest BCUT2D eigenvalue weighted by atomic mass is 16.4. The molecule has 1 heterocycles. The zero-order valence-corrected chi connectivity index (χ0v) is 16.1. The van der Waals surface area contributed by atoms with Crippen LogP contribution in [0, 0.1) is 0 Å². The topological polar surface area (TPSA) is 142 Å². The summed E-state index contributed by atoms with van der Waals surface area (Å²) in [4.78, 5) is 59.4. The second-order valence-corrected chi connectivity index (χ2v) is 6.91. The molecule has 9 heteroatoms. The van der Waals surface area contributed by atoms with Gasteiger partial charge in [-0.15, -0.1) is 0 Å². The standard InChI is InChI=1S/C20H25N3O6/c1-2-13(24)8-9-14(20(28)29)21-17(25)11-16-19(27)22-15(18(26)23-16)10-12-6-4-3-5-7-12/h3-7,14-16H,2,8-11H2,1H3,(H,21,25)(H,22,27)(H,23,26)(H,28,29)/t14-,15-,16-/m0/s1. The molecule has 1 aromatic rings. The monoisotopic (exact) mass is 403 g/mol. The van der Waals surface area contributed by atoms with Gasteiger partial charge in [-0.2, -0.15) is 0 Å². The number of carbonyl (C=O) groups excluding carboxylic acids is 4. The number of amides is 3. The average Bonchev–Trinajstić information content (AvgIpc) is 2.69. The lowest BCUT2D eigenvalue weighted by atomic mass is 10.0. The molecule has 1 fully saturated rings. The van der Waals surface area contributed by atoms with Crippen molar-refractivity contribution in [3.8, 4) is 0 Å². The van der Waals surface area contributed by atoms with Crippen LogP contribution in [0.2, 0.25) is 0 Å². The quantitative estimate of drug-likeness (QED) is 0.431. The smallest absolute Gasteiger partial charge is 0.326 e. The van der Waals surface area contributed by atoms with E-state index in [4.69, 9.17) is 0 Å². The van der Waals surface area contributed by atoms with E-state index in [1.165, 1.54) is 0 Å². The van der Waals surface area contributed by atoms with E-state index in [1.54, 1.807) is 6.92 Å². The summed E-state index contributed by atoms with van der Waals surface area (Å²) in [5.74, 6) is -2.97. The maximum Gasteiger partial charge on any atom is 0.326 e. The molecule has 0 aliphatic carbocycles. The van der Waals surface area contributed by atoms with Gasteiger partial charge < -0.3 is 21.1 Å². The van der Waals surface area contributed by atoms with E-state index in [9.17, 15) is 29.1 Å². The minimum atomic E-state index is -1.26. The number of rotatable bonds is 10. The molecule has 3 atom stereocenters. The van der Waals surface area contributed by atoms with E-state index in [-0.39, 0.29) is 25.0 Å². The maximum absolute atomic E-state index is 12.3. The number of aliphatic carboxylic acids is 1. The molecule has 0 radical (unpaired) electrons. The van der Waals surface area contributed by atoms with Crippen LogP contribution in [0.15, 0.2) is 30.3 Å². The third-order valence-corrected chi connectivity index (χ3v) is 4.68. The van der Waals surface area contributed by atoms with Crippen molar-refractivity contribution in [2.75, 3.05) is 0 Å². The largest absolute Gasteiger partial charge is 0.480 e. The first-order valence-electron chi connectivity index (χ1n) is 9.48. The summed E-state index contributed by atoms with van der Waals surface area (Å²) < 4.78 is 0. The Bertz CT molecular complexity index is 780. The van der Waals surface area contributed by atoms with Gasteiger partial charge in [0.2, 0.25) is 17.7 Å². The molecule has 1 aliphatic heterocycles. The molecule has 0 saturated carbocycles. The lowest BCUT2D eigenvalue weighted by molar-refractivity contribution is -0.143. The van der Waals surface area contributed by atoms with Crippen LogP contribution in [-0.2, 0) is 30.4 Å². The number of carboxylic acid groups (broad SMARTS) is 1. The molecule has 0 bridgehead atoms. The number of benzene rings is 1. The highest BCUT2D eigenvalue weighted by Gasteiger charge is 2.35. The van der Waals surface area contributed by atoms with Crippen LogP contribution in [0.25, 0.3) is 0 Å². The van der Waals surface area contributed by atoms with Gasteiger partial charge in [-0.05, 0) is 12.0 Å². The molecule has 2 rings (SSSR count). The molecule has 9 nitrogen and oxygen atoms in total. The van der Waals surface area contributed by atoms with E-state index in [0.29, 0.717) is 12.8 Å². The van der Waals surface area contributed by atoms with E-state index in [1.807, 2.05) is 30.3 Å². The van der Waals surface area contributed by atoms with Crippen LogP contribution in [-0.4, -0.2) is 52.7 Å². The van der Waals surface area contributed by atoms with E-state index in [2.05, 4.69) is 16.0 Å². The Kier molecular flexibility index (Phi) is 7.88. The first-order valence-corrected chi connectivity index (χ1v) is 9.48. The normalized spacial score (nSPS) is 19.6. The highest BCUT2D eigenvalue weighted by Crippen LogP contribution is 2.09. The first kappa shape index (κ1) is 22.1. The van der Waals surface area contributed by atoms with Gasteiger partial charge in [0.05, 0.1) is 6.42 Å². The van der Waals surface area contributed by atoms with Gasteiger partial charge in [0.25, 0.3) is 0 Å². The van der Waals surface area contributed by atoms with Crippen LogP contribution >= 0.6 is 0 Å². The highest BCUT2D eigenvalue weighted by molar-refractivity contribution is 5.99. The Morgan fingerprint density at radius 1 is 1.07 bits per heavy atom. The lowest BCUT2D eigenvalue weighted by Crippen LogP contribution is -2.63. The number of carboxylic acids is 1. The summed E-state index contributed by atoms with van der Waals surface area (Å²) in [6.07, 6.45) is 0.232. The fourth-order valence-corrected chi connectivity index (χ4v) is 2.99. The van der Waals surface area contributed by atoms with Crippen molar-refractivity contribution in [2.24, 2.45) is 0 Å². The minimum Gasteiger partial charge on any atom is -0.480 e. The van der Waals surface area contributed by atoms with Crippen molar-refractivity contribution in [1.29, 1.82) is 0 Å². The summed E-state index contributed by atoms with van der Waals surface area (Å²) >= 11 is 0. The Morgan fingerprint density at radius 3 is 2.31 bits per heavy atom. The van der Waals surface area contributed by atoms with Crippen molar-refractivity contribution in [1.82, 2.24) is 16.0 Å². The molecular formula is C20H25N3O6. The summed E-state index contributed by atoms with van der Waals surface area (Å²) in [7, 11) is 0. The van der Waals surface area contributed by atoms with Crippen LogP contribution in [0.5, 0.6) is 0 Å². The number of nitrogens with one attached hydrogen (secondary N) is 3. The molecule has 1 aromatic carbocycles. The number of ketones is 1. The number of carbonyl (C=O) groups is 5. The number of hydrogen-bond acceptors (Lipinski definition) is 5. The minimum absolute atomic E-state index is 0.0316. The molecule has 29 heavy (non-hydrogen) atoms. The maximum atomic E-state index is 12.3. The third-order valence-electron chi connectivity index (χ3n) is 4.68. The zero-order valence-electron chi connectivity index (χ0n) is 16.1. The van der Waals surface area contributed by atoms with Gasteiger partial charge in [0.1, 0.15) is 23.9 Å².